The largest absolute Gasteiger partial charge is 0.497 e. The van der Waals surface area contributed by atoms with E-state index in [9.17, 15) is 0 Å². The van der Waals surface area contributed by atoms with Crippen LogP contribution in [0.15, 0.2) is 64.5 Å². The lowest BCUT2D eigenvalue weighted by Crippen LogP contribution is -2.00. The molecular weight excluding hydrogens is 370 g/mol. The number of ether oxygens (including phenoxy) is 2. The van der Waals surface area contributed by atoms with Gasteiger partial charge in [-0.3, -0.25) is 0 Å². The van der Waals surface area contributed by atoms with Crippen molar-refractivity contribution in [3.05, 3.63) is 71.1 Å². The third-order valence-electron chi connectivity index (χ3n) is 3.41. The number of hydrogen-bond donors (Lipinski definition) is 0. The fourth-order valence-corrected chi connectivity index (χ4v) is 3.10. The van der Waals surface area contributed by atoms with Crippen LogP contribution in [-0.4, -0.2) is 17.1 Å². The van der Waals surface area contributed by atoms with E-state index < -0.39 is 0 Å². The first-order valence-electron chi connectivity index (χ1n) is 7.64. The van der Waals surface area contributed by atoms with E-state index in [1.807, 2.05) is 36.4 Å². The van der Waals surface area contributed by atoms with Crippen molar-refractivity contribution in [3.63, 3.8) is 0 Å². The van der Waals surface area contributed by atoms with Crippen LogP contribution in [0.2, 0.25) is 5.28 Å². The molecule has 0 aliphatic carbocycles. The number of benzene rings is 2. The second kappa shape index (κ2) is 8.56. The zero-order valence-electron chi connectivity index (χ0n) is 13.8. The molecule has 0 aliphatic rings. The monoisotopic (exact) mass is 383 g/mol. The quantitative estimate of drug-likeness (QED) is 0.572. The molecule has 0 saturated carbocycles. The first-order valence-corrected chi connectivity index (χ1v) is 8.83. The number of nitriles is 1. The zero-order valence-corrected chi connectivity index (χ0v) is 15.4. The molecule has 26 heavy (non-hydrogen) atoms. The van der Waals surface area contributed by atoms with Gasteiger partial charge < -0.3 is 9.47 Å². The molecule has 3 aromatic rings. The van der Waals surface area contributed by atoms with Crippen molar-refractivity contribution in [2.75, 3.05) is 7.11 Å². The molecule has 3 rings (SSSR count). The van der Waals surface area contributed by atoms with Gasteiger partial charge >= 0.3 is 0 Å². The van der Waals surface area contributed by atoms with Crippen LogP contribution in [0.1, 0.15) is 11.1 Å². The number of rotatable bonds is 6. The Balaban J connectivity index is 1.77. The van der Waals surface area contributed by atoms with E-state index in [0.717, 1.165) is 21.1 Å². The standard InChI is InChI=1S/C19H14ClN3O2S/c1-24-15-4-2-3-14(9-15)12-25-18-17(11-22-19(20)23-18)26-16-7-5-13(10-21)6-8-16/h2-9,11H,12H2,1H3. The fourth-order valence-electron chi connectivity index (χ4n) is 2.15. The summed E-state index contributed by atoms with van der Waals surface area (Å²) < 4.78 is 11.1. The van der Waals surface area contributed by atoms with E-state index in [1.54, 1.807) is 25.4 Å². The van der Waals surface area contributed by atoms with Crippen LogP contribution in [0.25, 0.3) is 0 Å². The molecule has 0 radical (unpaired) electrons. The highest BCUT2D eigenvalue weighted by Gasteiger charge is 2.11. The molecule has 0 unspecified atom stereocenters. The fraction of sp³-hybridized carbons (Fsp3) is 0.105. The predicted molar refractivity (Wildman–Crippen MR) is 99.6 cm³/mol. The van der Waals surface area contributed by atoms with Crippen LogP contribution in [0, 0.1) is 11.3 Å². The van der Waals surface area contributed by atoms with Crippen molar-refractivity contribution in [1.29, 1.82) is 5.26 Å². The maximum atomic E-state index is 8.89. The lowest BCUT2D eigenvalue weighted by molar-refractivity contribution is 0.284. The summed E-state index contributed by atoms with van der Waals surface area (Å²) in [5.74, 6) is 1.17. The molecular formula is C19H14ClN3O2S. The summed E-state index contributed by atoms with van der Waals surface area (Å²) in [5, 5.41) is 9.01. The zero-order chi connectivity index (χ0) is 18.4. The molecule has 5 nitrogen and oxygen atoms in total. The summed E-state index contributed by atoms with van der Waals surface area (Å²) >= 11 is 7.36. The third kappa shape index (κ3) is 4.66. The van der Waals surface area contributed by atoms with Gasteiger partial charge in [-0.1, -0.05) is 23.9 Å². The van der Waals surface area contributed by atoms with Crippen LogP contribution in [0.4, 0.5) is 0 Å². The minimum atomic E-state index is 0.120. The summed E-state index contributed by atoms with van der Waals surface area (Å²) in [6.45, 7) is 0.325. The van der Waals surface area contributed by atoms with E-state index >= 15 is 0 Å². The van der Waals surface area contributed by atoms with Crippen LogP contribution in [-0.2, 0) is 6.61 Å². The van der Waals surface area contributed by atoms with Crippen molar-refractivity contribution >= 4 is 23.4 Å². The topological polar surface area (TPSA) is 68.0 Å². The van der Waals surface area contributed by atoms with Gasteiger partial charge in [0.05, 0.1) is 23.6 Å². The molecule has 0 spiro atoms. The van der Waals surface area contributed by atoms with E-state index in [0.29, 0.717) is 18.1 Å². The van der Waals surface area contributed by atoms with Crippen LogP contribution in [0.3, 0.4) is 0 Å². The highest BCUT2D eigenvalue weighted by atomic mass is 35.5. The summed E-state index contributed by atoms with van der Waals surface area (Å²) in [7, 11) is 1.62. The first-order chi connectivity index (χ1) is 12.7. The molecule has 0 fully saturated rings. The molecule has 2 aromatic carbocycles. The van der Waals surface area contributed by atoms with Crippen molar-refractivity contribution in [3.8, 4) is 17.7 Å². The maximum absolute atomic E-state index is 8.89. The summed E-state index contributed by atoms with van der Waals surface area (Å²) in [6.07, 6.45) is 1.62. The van der Waals surface area contributed by atoms with Crippen molar-refractivity contribution in [2.24, 2.45) is 0 Å². The Labute approximate surface area is 160 Å². The SMILES string of the molecule is COc1cccc(COc2nc(Cl)ncc2Sc2ccc(C#N)cc2)c1. The van der Waals surface area contributed by atoms with Gasteiger partial charge in [0.15, 0.2) is 0 Å². The molecule has 0 aliphatic heterocycles. The third-order valence-corrected chi connectivity index (χ3v) is 4.60. The lowest BCUT2D eigenvalue weighted by Gasteiger charge is -2.11. The molecule has 1 heterocycles. The molecule has 0 amide bonds. The minimum Gasteiger partial charge on any atom is -0.497 e. The van der Waals surface area contributed by atoms with Crippen molar-refractivity contribution in [2.45, 2.75) is 16.4 Å². The van der Waals surface area contributed by atoms with Gasteiger partial charge in [-0.2, -0.15) is 10.2 Å². The summed E-state index contributed by atoms with van der Waals surface area (Å²) in [6, 6.07) is 17.0. The minimum absolute atomic E-state index is 0.120. The van der Waals surface area contributed by atoms with Gasteiger partial charge in [-0.25, -0.2) is 4.98 Å². The average molecular weight is 384 g/mol. The number of hydrogen-bond acceptors (Lipinski definition) is 6. The Morgan fingerprint density at radius 3 is 2.73 bits per heavy atom. The molecule has 0 N–H and O–H groups in total. The lowest BCUT2D eigenvalue weighted by atomic mass is 10.2. The molecule has 0 bridgehead atoms. The number of nitrogens with zero attached hydrogens (tertiary/aromatic N) is 3. The first kappa shape index (κ1) is 18.1. The highest BCUT2D eigenvalue weighted by molar-refractivity contribution is 7.99. The highest BCUT2D eigenvalue weighted by Crippen LogP contribution is 2.34. The van der Waals surface area contributed by atoms with Crippen molar-refractivity contribution in [1.82, 2.24) is 9.97 Å². The Morgan fingerprint density at radius 1 is 1.19 bits per heavy atom. The van der Waals surface area contributed by atoms with Gasteiger partial charge in [-0.05, 0) is 53.6 Å². The summed E-state index contributed by atoms with van der Waals surface area (Å²) in [5.41, 5.74) is 1.56. The van der Waals surface area contributed by atoms with E-state index in [4.69, 9.17) is 26.3 Å². The average Bonchev–Trinajstić information content (AvgIpc) is 2.69. The molecule has 1 aromatic heterocycles. The number of methoxy groups -OCH3 is 1. The maximum Gasteiger partial charge on any atom is 0.232 e. The summed E-state index contributed by atoms with van der Waals surface area (Å²) in [4.78, 5) is 9.91. The molecule has 0 atom stereocenters. The Bertz CT molecular complexity index is 942. The Hall–Kier alpha value is -2.75. The number of aromatic nitrogens is 2. The van der Waals surface area contributed by atoms with E-state index in [2.05, 4.69) is 16.0 Å². The van der Waals surface area contributed by atoms with Crippen LogP contribution < -0.4 is 9.47 Å². The Morgan fingerprint density at radius 2 is 2.00 bits per heavy atom. The number of halogens is 1. The van der Waals surface area contributed by atoms with Gasteiger partial charge in [0, 0.05) is 11.1 Å². The molecule has 7 heteroatoms. The van der Waals surface area contributed by atoms with E-state index in [-0.39, 0.29) is 5.28 Å². The van der Waals surface area contributed by atoms with Crippen LogP contribution in [0.5, 0.6) is 11.6 Å². The second-order valence-electron chi connectivity index (χ2n) is 5.19. The van der Waals surface area contributed by atoms with Crippen LogP contribution >= 0.6 is 23.4 Å². The normalized spacial score (nSPS) is 10.2. The molecule has 0 saturated heterocycles. The predicted octanol–water partition coefficient (Wildman–Crippen LogP) is 4.74. The van der Waals surface area contributed by atoms with Gasteiger partial charge in [0.1, 0.15) is 12.4 Å². The van der Waals surface area contributed by atoms with E-state index in [1.165, 1.54) is 11.8 Å². The van der Waals surface area contributed by atoms with Gasteiger partial charge in [0.25, 0.3) is 0 Å². The van der Waals surface area contributed by atoms with Gasteiger partial charge in [-0.15, -0.1) is 0 Å². The molecule has 130 valence electrons. The second-order valence-corrected chi connectivity index (χ2v) is 6.64. The van der Waals surface area contributed by atoms with Gasteiger partial charge in [0.2, 0.25) is 11.2 Å². The smallest absolute Gasteiger partial charge is 0.232 e. The van der Waals surface area contributed by atoms with Crippen molar-refractivity contribution < 1.29 is 9.47 Å². The Kier molecular flexibility index (Phi) is 5.95.